The van der Waals surface area contributed by atoms with Gasteiger partial charge in [0.25, 0.3) is 0 Å². The van der Waals surface area contributed by atoms with Crippen molar-refractivity contribution in [3.8, 4) is 22.6 Å². The Morgan fingerprint density at radius 2 is 1.33 bits per heavy atom. The molecular formula is C31H28BNO3. The molecule has 0 bridgehead atoms. The number of hydrogen-bond donors (Lipinski definition) is 0. The second-order valence-electron chi connectivity index (χ2n) is 10.8. The Labute approximate surface area is 211 Å². The third-order valence-corrected chi connectivity index (χ3v) is 8.13. The topological polar surface area (TPSA) is 32.6 Å². The van der Waals surface area contributed by atoms with Crippen LogP contribution >= 0.6 is 0 Å². The van der Waals surface area contributed by atoms with Crippen molar-refractivity contribution in [1.29, 1.82) is 0 Å². The van der Waals surface area contributed by atoms with E-state index in [-0.39, 0.29) is 11.2 Å². The molecule has 0 amide bonds. The standard InChI is InChI=1S/C31H28BNO3/c1-30(2)31(3,4)36-32(35-30)21-14-13-20-19-34-29-16-15-22(18-26(29)25(20)17-21)33-27-11-7-5-9-23(27)24-10-6-8-12-28(24)33/h5-18H,19H2,1-4H3. The molecule has 5 heteroatoms. The molecule has 4 aromatic carbocycles. The Kier molecular flexibility index (Phi) is 4.52. The summed E-state index contributed by atoms with van der Waals surface area (Å²) in [7, 11) is -0.396. The molecule has 5 aromatic rings. The molecule has 2 aliphatic heterocycles. The maximum absolute atomic E-state index is 6.35. The van der Waals surface area contributed by atoms with Gasteiger partial charge >= 0.3 is 7.12 Å². The first-order chi connectivity index (χ1) is 17.3. The fraction of sp³-hybridized carbons (Fsp3) is 0.226. The lowest BCUT2D eigenvalue weighted by Gasteiger charge is -2.32. The molecule has 0 aliphatic carbocycles. The Balaban J connectivity index is 1.38. The van der Waals surface area contributed by atoms with E-state index < -0.39 is 7.12 Å². The molecule has 36 heavy (non-hydrogen) atoms. The molecule has 178 valence electrons. The summed E-state index contributed by atoms with van der Waals surface area (Å²) in [5.41, 5.74) is 7.22. The zero-order valence-electron chi connectivity index (χ0n) is 21.0. The van der Waals surface area contributed by atoms with Crippen LogP contribution in [0.5, 0.6) is 5.75 Å². The van der Waals surface area contributed by atoms with E-state index in [1.54, 1.807) is 0 Å². The zero-order chi connectivity index (χ0) is 24.7. The number of para-hydroxylation sites is 2. The van der Waals surface area contributed by atoms with E-state index in [0.717, 1.165) is 22.5 Å². The van der Waals surface area contributed by atoms with Crippen LogP contribution in [0.4, 0.5) is 0 Å². The van der Waals surface area contributed by atoms with Crippen LogP contribution in [0.3, 0.4) is 0 Å². The molecule has 3 heterocycles. The number of rotatable bonds is 2. The van der Waals surface area contributed by atoms with Crippen molar-refractivity contribution in [2.75, 3.05) is 0 Å². The minimum absolute atomic E-state index is 0.377. The SMILES string of the molecule is CC1(C)OB(c2ccc3c(c2)-c2cc(-n4c5ccccc5c5ccccc54)ccc2OC3)OC1(C)C. The van der Waals surface area contributed by atoms with Gasteiger partial charge in [-0.15, -0.1) is 0 Å². The minimum Gasteiger partial charge on any atom is -0.488 e. The predicted octanol–water partition coefficient (Wildman–Crippen LogP) is 6.64. The highest BCUT2D eigenvalue weighted by atomic mass is 16.7. The average Bonchev–Trinajstić information content (AvgIpc) is 3.33. The van der Waals surface area contributed by atoms with Crippen LogP contribution < -0.4 is 10.2 Å². The van der Waals surface area contributed by atoms with E-state index in [9.17, 15) is 0 Å². The maximum atomic E-state index is 6.35. The van der Waals surface area contributed by atoms with Crippen molar-refractivity contribution in [2.24, 2.45) is 0 Å². The molecule has 0 saturated carbocycles. The third kappa shape index (κ3) is 3.09. The summed E-state index contributed by atoms with van der Waals surface area (Å²) in [5.74, 6) is 0.901. The van der Waals surface area contributed by atoms with Crippen LogP contribution in [0.25, 0.3) is 38.6 Å². The van der Waals surface area contributed by atoms with Gasteiger partial charge < -0.3 is 18.6 Å². The van der Waals surface area contributed by atoms with E-state index in [0.29, 0.717) is 6.61 Å². The van der Waals surface area contributed by atoms with E-state index >= 15 is 0 Å². The highest BCUT2D eigenvalue weighted by Crippen LogP contribution is 2.41. The minimum atomic E-state index is -0.396. The molecule has 1 saturated heterocycles. The smallest absolute Gasteiger partial charge is 0.488 e. The number of aromatic nitrogens is 1. The van der Waals surface area contributed by atoms with Gasteiger partial charge in [-0.05, 0) is 74.6 Å². The Bertz CT molecular complexity index is 1600. The van der Waals surface area contributed by atoms with E-state index in [2.05, 4.69) is 117 Å². The fourth-order valence-electron chi connectivity index (χ4n) is 5.45. The summed E-state index contributed by atoms with van der Waals surface area (Å²) >= 11 is 0. The van der Waals surface area contributed by atoms with Gasteiger partial charge in [0.1, 0.15) is 12.4 Å². The quantitative estimate of drug-likeness (QED) is 0.270. The van der Waals surface area contributed by atoms with E-state index in [4.69, 9.17) is 14.0 Å². The van der Waals surface area contributed by atoms with Gasteiger partial charge in [0.15, 0.2) is 0 Å². The monoisotopic (exact) mass is 473 g/mol. The summed E-state index contributed by atoms with van der Waals surface area (Å²) in [5, 5.41) is 2.51. The number of ether oxygens (including phenoxy) is 1. The van der Waals surface area contributed by atoms with E-state index in [1.807, 2.05) is 0 Å². The van der Waals surface area contributed by atoms with Gasteiger partial charge in [0.2, 0.25) is 0 Å². The molecule has 0 spiro atoms. The Morgan fingerprint density at radius 1 is 0.694 bits per heavy atom. The van der Waals surface area contributed by atoms with Crippen molar-refractivity contribution < 1.29 is 14.0 Å². The normalized spacial score (nSPS) is 17.7. The van der Waals surface area contributed by atoms with Gasteiger partial charge in [0.05, 0.1) is 22.2 Å². The Hall–Kier alpha value is -3.54. The van der Waals surface area contributed by atoms with Crippen LogP contribution in [0.2, 0.25) is 0 Å². The highest BCUT2D eigenvalue weighted by molar-refractivity contribution is 6.62. The van der Waals surface area contributed by atoms with Crippen molar-refractivity contribution in [3.05, 3.63) is 90.5 Å². The summed E-state index contributed by atoms with van der Waals surface area (Å²) < 4.78 is 21.2. The summed E-state index contributed by atoms with van der Waals surface area (Å²) in [6, 6.07) is 30.2. The summed E-state index contributed by atoms with van der Waals surface area (Å²) in [6.07, 6.45) is 0. The zero-order valence-corrected chi connectivity index (χ0v) is 21.0. The van der Waals surface area contributed by atoms with Gasteiger partial charge in [-0.25, -0.2) is 0 Å². The molecule has 7 rings (SSSR count). The second kappa shape index (κ2) is 7.48. The van der Waals surface area contributed by atoms with Crippen LogP contribution in [-0.2, 0) is 15.9 Å². The van der Waals surface area contributed by atoms with E-state index in [1.165, 1.54) is 32.9 Å². The molecule has 4 nitrogen and oxygen atoms in total. The molecule has 0 radical (unpaired) electrons. The molecule has 0 atom stereocenters. The van der Waals surface area contributed by atoms with Crippen LogP contribution in [0.15, 0.2) is 84.9 Å². The maximum Gasteiger partial charge on any atom is 0.494 e. The van der Waals surface area contributed by atoms with Gasteiger partial charge in [-0.3, -0.25) is 0 Å². The molecule has 0 unspecified atom stereocenters. The predicted molar refractivity (Wildman–Crippen MR) is 146 cm³/mol. The largest absolute Gasteiger partial charge is 0.494 e. The van der Waals surface area contributed by atoms with Crippen molar-refractivity contribution in [3.63, 3.8) is 0 Å². The first-order valence-corrected chi connectivity index (χ1v) is 12.6. The van der Waals surface area contributed by atoms with Crippen molar-refractivity contribution in [2.45, 2.75) is 45.5 Å². The molecular weight excluding hydrogens is 445 g/mol. The summed E-state index contributed by atoms with van der Waals surface area (Å²) in [4.78, 5) is 0. The Morgan fingerprint density at radius 3 is 2.00 bits per heavy atom. The number of benzene rings is 4. The lowest BCUT2D eigenvalue weighted by atomic mass is 9.76. The number of fused-ring (bicyclic) bond motifs is 6. The van der Waals surface area contributed by atoms with Crippen LogP contribution in [0.1, 0.15) is 33.3 Å². The number of nitrogens with zero attached hydrogens (tertiary/aromatic N) is 1. The highest BCUT2D eigenvalue weighted by Gasteiger charge is 2.51. The lowest BCUT2D eigenvalue weighted by molar-refractivity contribution is 0.00578. The van der Waals surface area contributed by atoms with Gasteiger partial charge in [0, 0.05) is 22.0 Å². The van der Waals surface area contributed by atoms with Gasteiger partial charge in [-0.1, -0.05) is 54.6 Å². The van der Waals surface area contributed by atoms with Crippen LogP contribution in [0, 0.1) is 0 Å². The summed E-state index contributed by atoms with van der Waals surface area (Å²) in [6.45, 7) is 8.92. The first-order valence-electron chi connectivity index (χ1n) is 12.6. The third-order valence-electron chi connectivity index (χ3n) is 8.13. The second-order valence-corrected chi connectivity index (χ2v) is 10.8. The van der Waals surface area contributed by atoms with Gasteiger partial charge in [-0.2, -0.15) is 0 Å². The van der Waals surface area contributed by atoms with Crippen LogP contribution in [-0.4, -0.2) is 22.9 Å². The lowest BCUT2D eigenvalue weighted by Crippen LogP contribution is -2.41. The molecule has 0 N–H and O–H groups in total. The number of hydrogen-bond acceptors (Lipinski definition) is 3. The molecule has 2 aliphatic rings. The van der Waals surface area contributed by atoms with Crippen molar-refractivity contribution >= 4 is 34.4 Å². The molecule has 1 fully saturated rings. The van der Waals surface area contributed by atoms with Crippen molar-refractivity contribution in [1.82, 2.24) is 4.57 Å². The first kappa shape index (κ1) is 21.7. The average molecular weight is 473 g/mol. The fourth-order valence-corrected chi connectivity index (χ4v) is 5.45. The molecule has 1 aromatic heterocycles.